The van der Waals surface area contributed by atoms with Crippen molar-refractivity contribution in [3.8, 4) is 0 Å². The molecule has 6 N–H and O–H groups in total. The number of hydrogen-bond donors (Lipinski definition) is 6. The highest BCUT2D eigenvalue weighted by molar-refractivity contribution is 5.77. The third kappa shape index (κ3) is 18.8. The van der Waals surface area contributed by atoms with Gasteiger partial charge in [0.1, 0.15) is 40.1 Å². The Labute approximate surface area is 147 Å². The summed E-state index contributed by atoms with van der Waals surface area (Å²) in [6, 6.07) is 0. The summed E-state index contributed by atoms with van der Waals surface area (Å²) in [4.78, 5) is 22.0. The molecule has 0 bridgehead atoms. The first-order chi connectivity index (χ1) is 11.9. The fourth-order valence-electron chi connectivity index (χ4n) is 0.996. The second kappa shape index (κ2) is 22.7. The van der Waals surface area contributed by atoms with Crippen molar-refractivity contribution < 1.29 is 45.0 Å². The van der Waals surface area contributed by atoms with E-state index in [0.29, 0.717) is 9.80 Å². The van der Waals surface area contributed by atoms with Gasteiger partial charge in [0.15, 0.2) is 0 Å². The van der Waals surface area contributed by atoms with E-state index in [1.54, 1.807) is 0 Å². The lowest BCUT2D eigenvalue weighted by molar-refractivity contribution is -0.143. The van der Waals surface area contributed by atoms with Crippen LogP contribution in [0.5, 0.6) is 0 Å². The van der Waals surface area contributed by atoms with E-state index in [1.807, 2.05) is 0 Å². The molecule has 25 heavy (non-hydrogen) atoms. The molecule has 0 aromatic heterocycles. The summed E-state index contributed by atoms with van der Waals surface area (Å²) in [7, 11) is 0. The van der Waals surface area contributed by atoms with E-state index in [2.05, 4.69) is 13.8 Å². The maximum Gasteiger partial charge on any atom is 0.251 e. The van der Waals surface area contributed by atoms with Gasteiger partial charge in [0.2, 0.25) is 0 Å². The minimum Gasteiger partial charge on any atom is -0.387 e. The van der Waals surface area contributed by atoms with E-state index in [4.69, 9.17) is 35.4 Å². The number of aliphatic hydroxyl groups excluding tert-OH is 6. The largest absolute Gasteiger partial charge is 0.387 e. The average molecular weight is 372 g/mol. The lowest BCUT2D eigenvalue weighted by Gasteiger charge is -2.13. The summed E-state index contributed by atoms with van der Waals surface area (Å²) < 4.78 is 5.13. The number of ether oxygens (including phenoxy) is 1. The molecule has 11 nitrogen and oxygen atoms in total. The SMILES string of the molecule is CCCOCCC.O=C(CO)N(CO)CO.O=C(CO)N(CO)CO. The van der Waals surface area contributed by atoms with Crippen molar-refractivity contribution in [3.63, 3.8) is 0 Å². The molecule has 0 atom stereocenters. The van der Waals surface area contributed by atoms with Crippen LogP contribution < -0.4 is 0 Å². The van der Waals surface area contributed by atoms with Crippen LogP contribution in [0, 0.1) is 0 Å². The highest BCUT2D eigenvalue weighted by Crippen LogP contribution is 1.83. The molecule has 0 aliphatic heterocycles. The van der Waals surface area contributed by atoms with Gasteiger partial charge in [-0.2, -0.15) is 0 Å². The van der Waals surface area contributed by atoms with E-state index in [0.717, 1.165) is 26.1 Å². The van der Waals surface area contributed by atoms with E-state index in [-0.39, 0.29) is 0 Å². The Morgan fingerprint density at radius 3 is 1.08 bits per heavy atom. The third-order valence-electron chi connectivity index (χ3n) is 2.36. The lowest BCUT2D eigenvalue weighted by Crippen LogP contribution is -2.34. The van der Waals surface area contributed by atoms with Crippen molar-refractivity contribution in [2.75, 3.05) is 53.4 Å². The summed E-state index contributed by atoms with van der Waals surface area (Å²) in [6.45, 7) is 2.41. The Morgan fingerprint density at radius 2 is 0.960 bits per heavy atom. The van der Waals surface area contributed by atoms with Crippen molar-refractivity contribution in [2.45, 2.75) is 26.7 Å². The predicted molar refractivity (Wildman–Crippen MR) is 87.6 cm³/mol. The van der Waals surface area contributed by atoms with Crippen LogP contribution in [0.4, 0.5) is 0 Å². The maximum atomic E-state index is 10.3. The number of carbonyl (C=O) groups excluding carboxylic acids is 2. The first-order valence-electron chi connectivity index (χ1n) is 7.72. The van der Waals surface area contributed by atoms with E-state index < -0.39 is 52.0 Å². The van der Waals surface area contributed by atoms with E-state index >= 15 is 0 Å². The molecule has 0 radical (unpaired) electrons. The van der Waals surface area contributed by atoms with Crippen LogP contribution in [0.1, 0.15) is 26.7 Å². The number of hydrogen-bond acceptors (Lipinski definition) is 9. The maximum absolute atomic E-state index is 10.3. The van der Waals surface area contributed by atoms with E-state index in [9.17, 15) is 9.59 Å². The minimum atomic E-state index is -0.694. The number of carbonyl (C=O) groups is 2. The number of nitrogens with zero attached hydrogens (tertiary/aromatic N) is 2. The van der Waals surface area contributed by atoms with Crippen molar-refractivity contribution in [1.29, 1.82) is 0 Å². The van der Waals surface area contributed by atoms with Gasteiger partial charge in [0.05, 0.1) is 0 Å². The van der Waals surface area contributed by atoms with Gasteiger partial charge in [-0.15, -0.1) is 0 Å². The fraction of sp³-hybridized carbons (Fsp3) is 0.857. The average Bonchev–Trinajstić information content (AvgIpc) is 2.64. The summed E-state index contributed by atoms with van der Waals surface area (Å²) in [5.74, 6) is -1.39. The Morgan fingerprint density at radius 1 is 0.680 bits per heavy atom. The quantitative estimate of drug-likeness (QED) is 0.175. The highest BCUT2D eigenvalue weighted by atomic mass is 16.5. The summed E-state index contributed by atoms with van der Waals surface area (Å²) >= 11 is 0. The first-order valence-corrected chi connectivity index (χ1v) is 7.72. The molecule has 2 amide bonds. The van der Waals surface area contributed by atoms with Gasteiger partial charge in [-0.3, -0.25) is 19.4 Å². The molecule has 152 valence electrons. The van der Waals surface area contributed by atoms with Crippen LogP contribution in [-0.4, -0.2) is 106 Å². The van der Waals surface area contributed by atoms with Crippen LogP contribution >= 0.6 is 0 Å². The summed E-state index contributed by atoms with van der Waals surface area (Å²) in [5.41, 5.74) is 0. The molecule has 11 heteroatoms. The Balaban J connectivity index is -0.000000293. The van der Waals surface area contributed by atoms with Crippen LogP contribution in [0.3, 0.4) is 0 Å². The van der Waals surface area contributed by atoms with Crippen LogP contribution in [0.25, 0.3) is 0 Å². The normalized spacial score (nSPS) is 9.28. The predicted octanol–water partition coefficient (Wildman–Crippen LogP) is -2.76. The molecule has 0 fully saturated rings. The van der Waals surface area contributed by atoms with Gasteiger partial charge >= 0.3 is 0 Å². The van der Waals surface area contributed by atoms with Gasteiger partial charge in [-0.25, -0.2) is 0 Å². The van der Waals surface area contributed by atoms with E-state index in [1.165, 1.54) is 0 Å². The first kappa shape index (κ1) is 28.5. The van der Waals surface area contributed by atoms with Gasteiger partial charge < -0.3 is 35.4 Å². The van der Waals surface area contributed by atoms with Crippen molar-refractivity contribution in [2.24, 2.45) is 0 Å². The monoisotopic (exact) mass is 372 g/mol. The van der Waals surface area contributed by atoms with Crippen molar-refractivity contribution in [1.82, 2.24) is 9.80 Å². The van der Waals surface area contributed by atoms with Gasteiger partial charge in [0, 0.05) is 13.2 Å². The standard InChI is InChI=1S/C6H14O.2C4H9NO4/c1-3-5-7-6-4-2;2*6-1-4(9)5(2-7)3-8/h3-6H2,1-2H3;2*6-8H,1-3H2. The lowest BCUT2D eigenvalue weighted by atomic mass is 10.5. The summed E-state index contributed by atoms with van der Waals surface area (Å²) in [6.07, 6.45) is 2.28. The Hall–Kier alpha value is -1.34. The Bertz CT molecular complexity index is 270. The molecule has 0 unspecified atom stereocenters. The molecule has 0 rings (SSSR count). The van der Waals surface area contributed by atoms with Gasteiger partial charge in [0.25, 0.3) is 11.8 Å². The summed E-state index contributed by atoms with van der Waals surface area (Å²) in [5, 5.41) is 49.4. The molecule has 0 heterocycles. The smallest absolute Gasteiger partial charge is 0.251 e. The molecular weight excluding hydrogens is 340 g/mol. The second-order valence-electron chi connectivity index (χ2n) is 4.36. The molecule has 0 saturated carbocycles. The molecule has 0 spiro atoms. The molecule has 0 saturated heterocycles. The second-order valence-corrected chi connectivity index (χ2v) is 4.36. The highest BCUT2D eigenvalue weighted by Gasteiger charge is 2.08. The molecule has 0 aromatic rings. The fourth-order valence-corrected chi connectivity index (χ4v) is 0.996. The van der Waals surface area contributed by atoms with Gasteiger partial charge in [-0.05, 0) is 12.8 Å². The molecule has 0 aliphatic carbocycles. The van der Waals surface area contributed by atoms with Crippen LogP contribution in [-0.2, 0) is 14.3 Å². The number of aliphatic hydroxyl groups is 6. The topological polar surface area (TPSA) is 171 Å². The zero-order chi connectivity index (χ0) is 20.1. The van der Waals surface area contributed by atoms with Crippen molar-refractivity contribution >= 4 is 11.8 Å². The zero-order valence-electron chi connectivity index (χ0n) is 14.9. The number of amides is 2. The third-order valence-corrected chi connectivity index (χ3v) is 2.36. The molecular formula is C14H32N2O9. The number of rotatable bonds is 10. The molecule has 0 aromatic carbocycles. The van der Waals surface area contributed by atoms with Gasteiger partial charge in [-0.1, -0.05) is 13.8 Å². The molecule has 0 aliphatic rings. The zero-order valence-corrected chi connectivity index (χ0v) is 14.9. The van der Waals surface area contributed by atoms with Crippen molar-refractivity contribution in [3.05, 3.63) is 0 Å². The van der Waals surface area contributed by atoms with Crippen LogP contribution in [0.15, 0.2) is 0 Å². The minimum absolute atomic E-state index is 0.574. The van der Waals surface area contributed by atoms with Crippen LogP contribution in [0.2, 0.25) is 0 Å². The Kier molecular flexibility index (Phi) is 25.8.